The van der Waals surface area contributed by atoms with E-state index >= 15 is 0 Å². The molecule has 0 N–H and O–H groups in total. The highest BCUT2D eigenvalue weighted by molar-refractivity contribution is 6.15. The van der Waals surface area contributed by atoms with Gasteiger partial charge in [0.15, 0.2) is 0 Å². The Bertz CT molecular complexity index is 3400. The Labute approximate surface area is 367 Å². The van der Waals surface area contributed by atoms with E-state index in [2.05, 4.69) is 254 Å². The monoisotopic (exact) mass is 803 g/mol. The van der Waals surface area contributed by atoms with E-state index in [9.17, 15) is 0 Å². The van der Waals surface area contributed by atoms with E-state index in [1.165, 1.54) is 44.5 Å². The lowest BCUT2D eigenvalue weighted by atomic mass is 9.68. The van der Waals surface area contributed by atoms with Crippen LogP contribution >= 0.6 is 0 Å². The van der Waals surface area contributed by atoms with Crippen LogP contribution in [0.5, 0.6) is 0 Å². The summed E-state index contributed by atoms with van der Waals surface area (Å²) < 4.78 is 6.67. The minimum absolute atomic E-state index is 0.570. The Hall–Kier alpha value is -8.20. The van der Waals surface area contributed by atoms with Gasteiger partial charge >= 0.3 is 0 Å². The second-order valence-electron chi connectivity index (χ2n) is 16.3. The summed E-state index contributed by atoms with van der Waals surface area (Å²) in [5.41, 5.74) is 18.7. The molecule has 0 spiro atoms. The predicted molar refractivity (Wildman–Crippen MR) is 262 cm³/mol. The van der Waals surface area contributed by atoms with Crippen LogP contribution < -0.4 is 4.90 Å². The maximum Gasteiger partial charge on any atom is 0.137 e. The van der Waals surface area contributed by atoms with Crippen molar-refractivity contribution in [2.24, 2.45) is 0 Å². The zero-order valence-electron chi connectivity index (χ0n) is 34.5. The van der Waals surface area contributed by atoms with Crippen molar-refractivity contribution in [3.8, 4) is 44.5 Å². The lowest BCUT2D eigenvalue weighted by molar-refractivity contribution is 0.669. The maximum absolute atomic E-state index is 6.67. The first-order valence-corrected chi connectivity index (χ1v) is 21.7. The largest absolute Gasteiger partial charge is 0.456 e. The molecule has 0 amide bonds. The summed E-state index contributed by atoms with van der Waals surface area (Å²) in [5, 5.41) is 2.15. The Balaban J connectivity index is 1.25. The van der Waals surface area contributed by atoms with Crippen LogP contribution in [0.15, 0.2) is 253 Å². The summed E-state index contributed by atoms with van der Waals surface area (Å²) in [4.78, 5) is 2.54. The van der Waals surface area contributed by atoms with E-state index < -0.39 is 5.41 Å². The van der Waals surface area contributed by atoms with Crippen LogP contribution in [0, 0.1) is 0 Å². The lowest BCUT2D eigenvalue weighted by Crippen LogP contribution is -2.28. The van der Waals surface area contributed by atoms with Gasteiger partial charge in [0.05, 0.1) is 27.9 Å². The van der Waals surface area contributed by atoms with Crippen molar-refractivity contribution in [2.75, 3.05) is 4.90 Å². The van der Waals surface area contributed by atoms with Crippen LogP contribution in [-0.4, -0.2) is 0 Å². The number of fused-ring (bicyclic) bond motifs is 6. The number of para-hydroxylation sites is 1. The summed E-state index contributed by atoms with van der Waals surface area (Å²) in [5.74, 6) is 0. The molecule has 0 fully saturated rings. The molecule has 2 heteroatoms. The van der Waals surface area contributed by atoms with E-state index in [4.69, 9.17) is 4.42 Å². The molecule has 10 aromatic carbocycles. The number of rotatable bonds is 8. The second-order valence-corrected chi connectivity index (χ2v) is 16.3. The van der Waals surface area contributed by atoms with Crippen molar-refractivity contribution < 1.29 is 4.42 Å². The fraction of sp³-hybridized carbons (Fsp3) is 0.0164. The van der Waals surface area contributed by atoms with E-state index in [1.807, 2.05) is 0 Å². The average molecular weight is 804 g/mol. The molecule has 63 heavy (non-hydrogen) atoms. The van der Waals surface area contributed by atoms with Crippen molar-refractivity contribution in [3.05, 3.63) is 271 Å². The Morgan fingerprint density at radius 3 is 1.46 bits per heavy atom. The summed E-state index contributed by atoms with van der Waals surface area (Å²) in [7, 11) is 0. The van der Waals surface area contributed by atoms with Crippen molar-refractivity contribution >= 4 is 39.0 Å². The van der Waals surface area contributed by atoms with Crippen LogP contribution in [0.3, 0.4) is 0 Å². The van der Waals surface area contributed by atoms with Crippen molar-refractivity contribution in [1.82, 2.24) is 0 Å². The first-order valence-electron chi connectivity index (χ1n) is 21.7. The maximum atomic E-state index is 6.67. The van der Waals surface area contributed by atoms with E-state index in [-0.39, 0.29) is 0 Å². The molecule has 0 atom stereocenters. The van der Waals surface area contributed by atoms with E-state index in [1.54, 1.807) is 0 Å². The highest BCUT2D eigenvalue weighted by Crippen LogP contribution is 2.61. The number of anilines is 3. The molecule has 0 saturated carbocycles. The van der Waals surface area contributed by atoms with Gasteiger partial charge in [-0.25, -0.2) is 0 Å². The van der Waals surface area contributed by atoms with Crippen molar-refractivity contribution in [1.29, 1.82) is 0 Å². The third kappa shape index (κ3) is 5.72. The lowest BCUT2D eigenvalue weighted by Gasteiger charge is -2.35. The molecule has 0 radical (unpaired) electrons. The highest BCUT2D eigenvalue weighted by atomic mass is 16.3. The summed E-state index contributed by atoms with van der Waals surface area (Å²) >= 11 is 0. The molecule has 0 aliphatic heterocycles. The first kappa shape index (κ1) is 36.6. The molecule has 11 aromatic rings. The number of furan rings is 1. The van der Waals surface area contributed by atoms with Crippen LogP contribution in [-0.2, 0) is 5.41 Å². The molecule has 1 aliphatic rings. The van der Waals surface area contributed by atoms with E-state index in [0.717, 1.165) is 61.3 Å². The molecule has 2 nitrogen and oxygen atoms in total. The number of hydrogen-bond donors (Lipinski definition) is 0. The Morgan fingerprint density at radius 2 is 0.762 bits per heavy atom. The molecule has 0 saturated heterocycles. The van der Waals surface area contributed by atoms with Gasteiger partial charge in [0.2, 0.25) is 0 Å². The van der Waals surface area contributed by atoms with Crippen LogP contribution in [0.1, 0.15) is 22.3 Å². The molecule has 12 rings (SSSR count). The van der Waals surface area contributed by atoms with Gasteiger partial charge in [-0.1, -0.05) is 218 Å². The van der Waals surface area contributed by atoms with Gasteiger partial charge in [-0.3, -0.25) is 0 Å². The quantitative estimate of drug-likeness (QED) is 0.152. The van der Waals surface area contributed by atoms with Crippen molar-refractivity contribution in [3.63, 3.8) is 0 Å². The van der Waals surface area contributed by atoms with E-state index in [0.29, 0.717) is 0 Å². The molecular weight excluding hydrogens is 763 g/mol. The fourth-order valence-corrected chi connectivity index (χ4v) is 10.4. The summed E-state index contributed by atoms with van der Waals surface area (Å²) in [6, 6.07) is 90.4. The summed E-state index contributed by atoms with van der Waals surface area (Å²) in [6.07, 6.45) is 0. The third-order valence-corrected chi connectivity index (χ3v) is 13.0. The van der Waals surface area contributed by atoms with Gasteiger partial charge in [-0.05, 0) is 86.0 Å². The van der Waals surface area contributed by atoms with Crippen molar-refractivity contribution in [2.45, 2.75) is 5.41 Å². The molecular formula is C61H41NO. The Morgan fingerprint density at radius 1 is 0.302 bits per heavy atom. The van der Waals surface area contributed by atoms with Crippen LogP contribution in [0.4, 0.5) is 17.1 Å². The molecule has 0 unspecified atom stereocenters. The molecule has 0 bridgehead atoms. The minimum atomic E-state index is -0.570. The SMILES string of the molecule is c1ccc(-c2ccccc2-c2c(-c3ccccc3)cccc2N(c2cccc3c2-c2ccccc2C3(c2ccccc2)c2ccccc2)c2cccc3oc4ccccc4c23)cc1. The molecule has 1 heterocycles. The standard InChI is InChI=1S/C61H41NO/c1-5-22-42(23-6-1)46-30-13-14-31-48(46)58-47(43-24-7-2-8-25-43)34-19-37-53(58)62(55-39-21-41-57-60(55)50-33-16-18-40-56(50)63-57)54-38-20-36-52-59(54)49-32-15-17-35-51(49)61(52,44-26-9-3-10-27-44)45-28-11-4-12-29-45/h1-41H. The zero-order valence-corrected chi connectivity index (χ0v) is 34.5. The van der Waals surface area contributed by atoms with Gasteiger partial charge in [0.25, 0.3) is 0 Å². The number of nitrogens with zero attached hydrogens (tertiary/aromatic N) is 1. The Kier molecular flexibility index (Phi) is 8.76. The smallest absolute Gasteiger partial charge is 0.137 e. The van der Waals surface area contributed by atoms with Gasteiger partial charge in [0, 0.05) is 16.5 Å². The van der Waals surface area contributed by atoms with Gasteiger partial charge in [-0.2, -0.15) is 0 Å². The van der Waals surface area contributed by atoms with Crippen LogP contribution in [0.2, 0.25) is 0 Å². The predicted octanol–water partition coefficient (Wildman–Crippen LogP) is 16.4. The number of hydrogen-bond acceptors (Lipinski definition) is 2. The van der Waals surface area contributed by atoms with Gasteiger partial charge in [0.1, 0.15) is 11.2 Å². The zero-order chi connectivity index (χ0) is 41.7. The number of benzene rings is 10. The topological polar surface area (TPSA) is 16.4 Å². The normalized spacial score (nSPS) is 12.6. The minimum Gasteiger partial charge on any atom is -0.456 e. The fourth-order valence-electron chi connectivity index (χ4n) is 10.4. The van der Waals surface area contributed by atoms with Gasteiger partial charge < -0.3 is 9.32 Å². The average Bonchev–Trinajstić information content (AvgIpc) is 3.90. The molecule has 1 aliphatic carbocycles. The third-order valence-electron chi connectivity index (χ3n) is 13.0. The first-order chi connectivity index (χ1) is 31.3. The van der Waals surface area contributed by atoms with Crippen LogP contribution in [0.25, 0.3) is 66.4 Å². The molecule has 296 valence electrons. The summed E-state index contributed by atoms with van der Waals surface area (Å²) in [6.45, 7) is 0. The van der Waals surface area contributed by atoms with Gasteiger partial charge in [-0.15, -0.1) is 0 Å². The highest BCUT2D eigenvalue weighted by Gasteiger charge is 2.47. The second kappa shape index (κ2) is 15.1. The molecule has 1 aromatic heterocycles.